The van der Waals surface area contributed by atoms with E-state index in [1.807, 2.05) is 10.8 Å². The molecule has 9 heteroatoms. The van der Waals surface area contributed by atoms with Gasteiger partial charge >= 0.3 is 0 Å². The zero-order valence-corrected chi connectivity index (χ0v) is 15.9. The van der Waals surface area contributed by atoms with Crippen molar-refractivity contribution in [2.75, 3.05) is 6.54 Å². The van der Waals surface area contributed by atoms with E-state index in [9.17, 15) is 23.5 Å². The van der Waals surface area contributed by atoms with Gasteiger partial charge in [-0.1, -0.05) is 0 Å². The summed E-state index contributed by atoms with van der Waals surface area (Å²) in [6.45, 7) is 1.27. The number of aryl methyl sites for hydroxylation is 1. The molecular weight excluding hydrogens is 382 g/mol. The Hall–Kier alpha value is -2.81. The zero-order chi connectivity index (χ0) is 20.8. The minimum atomic E-state index is -0.958. The van der Waals surface area contributed by atoms with Crippen LogP contribution in [0.4, 0.5) is 8.78 Å². The van der Waals surface area contributed by atoms with Gasteiger partial charge in [-0.3, -0.25) is 9.59 Å². The molecule has 2 aromatic rings. The number of aromatic nitrogens is 2. The van der Waals surface area contributed by atoms with Gasteiger partial charge in [0.2, 0.25) is 5.91 Å². The summed E-state index contributed by atoms with van der Waals surface area (Å²) in [7, 11) is 0. The quantitative estimate of drug-likeness (QED) is 0.609. The van der Waals surface area contributed by atoms with Crippen molar-refractivity contribution in [1.82, 2.24) is 20.2 Å². The van der Waals surface area contributed by atoms with E-state index in [1.54, 1.807) is 12.5 Å². The van der Waals surface area contributed by atoms with Crippen molar-refractivity contribution in [2.45, 2.75) is 44.4 Å². The largest absolute Gasteiger partial charge is 0.391 e. The monoisotopic (exact) mass is 406 g/mol. The van der Waals surface area contributed by atoms with Gasteiger partial charge in [-0.25, -0.2) is 13.8 Å². The van der Waals surface area contributed by atoms with Crippen molar-refractivity contribution < 1.29 is 23.5 Å². The third-order valence-electron chi connectivity index (χ3n) is 5.13. The number of hydrogen-bond donors (Lipinski definition) is 3. The van der Waals surface area contributed by atoms with E-state index in [4.69, 9.17) is 0 Å². The van der Waals surface area contributed by atoms with Gasteiger partial charge < -0.3 is 20.3 Å². The molecule has 7 nitrogen and oxygen atoms in total. The Balaban J connectivity index is 1.43. The molecule has 156 valence electrons. The van der Waals surface area contributed by atoms with Crippen molar-refractivity contribution >= 4 is 11.8 Å². The Labute approximate surface area is 167 Å². The first kappa shape index (κ1) is 20.9. The van der Waals surface area contributed by atoms with Gasteiger partial charge in [-0.05, 0) is 37.8 Å². The van der Waals surface area contributed by atoms with Crippen molar-refractivity contribution in [2.24, 2.45) is 5.92 Å². The van der Waals surface area contributed by atoms with Crippen LogP contribution >= 0.6 is 0 Å². The minimum absolute atomic E-state index is 0.121. The number of imidazole rings is 1. The maximum absolute atomic E-state index is 13.7. The summed E-state index contributed by atoms with van der Waals surface area (Å²) in [5, 5.41) is 15.8. The normalized spacial score (nSPS) is 21.6. The SMILES string of the molecule is O=C(N[C@H]1CC[C@H](C(=O)NCCCn2ccnc2)C[C@@H]1O)c1ccc(F)cc1F. The van der Waals surface area contributed by atoms with Gasteiger partial charge in [0.15, 0.2) is 0 Å². The maximum atomic E-state index is 13.7. The molecule has 29 heavy (non-hydrogen) atoms. The fourth-order valence-corrected chi connectivity index (χ4v) is 3.51. The van der Waals surface area contributed by atoms with E-state index in [2.05, 4.69) is 15.6 Å². The smallest absolute Gasteiger partial charge is 0.254 e. The molecule has 1 saturated carbocycles. The molecule has 3 N–H and O–H groups in total. The summed E-state index contributed by atoms with van der Waals surface area (Å²) in [4.78, 5) is 28.5. The van der Waals surface area contributed by atoms with Crippen LogP contribution in [-0.4, -0.2) is 45.2 Å². The minimum Gasteiger partial charge on any atom is -0.391 e. The number of nitrogens with zero attached hydrogens (tertiary/aromatic N) is 2. The summed E-state index contributed by atoms with van der Waals surface area (Å²) in [5.41, 5.74) is -0.281. The van der Waals surface area contributed by atoms with Gasteiger partial charge in [-0.15, -0.1) is 0 Å². The van der Waals surface area contributed by atoms with E-state index in [0.29, 0.717) is 25.5 Å². The molecule has 1 aliphatic rings. The fourth-order valence-electron chi connectivity index (χ4n) is 3.51. The topological polar surface area (TPSA) is 96.3 Å². The van der Waals surface area contributed by atoms with E-state index >= 15 is 0 Å². The standard InChI is InChI=1S/C20H24F2N4O3/c21-14-3-4-15(16(22)11-14)20(29)25-17-5-2-13(10-18(17)27)19(28)24-6-1-8-26-9-7-23-12-26/h3-4,7,9,11-13,17-18,27H,1-2,5-6,8,10H2,(H,24,28)(H,25,29)/t13-,17-,18-/m0/s1. The molecule has 1 fully saturated rings. The summed E-state index contributed by atoms with van der Waals surface area (Å²) >= 11 is 0. The van der Waals surface area contributed by atoms with E-state index < -0.39 is 29.7 Å². The molecule has 0 aliphatic heterocycles. The lowest BCUT2D eigenvalue weighted by molar-refractivity contribution is -0.127. The second-order valence-corrected chi connectivity index (χ2v) is 7.23. The van der Waals surface area contributed by atoms with Gasteiger partial charge in [-0.2, -0.15) is 0 Å². The van der Waals surface area contributed by atoms with Gasteiger partial charge in [0, 0.05) is 37.5 Å². The summed E-state index contributed by atoms with van der Waals surface area (Å²) < 4.78 is 28.6. The average molecular weight is 406 g/mol. The number of rotatable bonds is 7. The van der Waals surface area contributed by atoms with Crippen LogP contribution in [0.3, 0.4) is 0 Å². The Morgan fingerprint density at radius 2 is 2.10 bits per heavy atom. The molecule has 1 heterocycles. The Morgan fingerprint density at radius 3 is 2.79 bits per heavy atom. The molecule has 2 amide bonds. The van der Waals surface area contributed by atoms with Crippen LogP contribution in [0, 0.1) is 17.6 Å². The number of carbonyl (C=O) groups is 2. The molecule has 0 unspecified atom stereocenters. The Kier molecular flexibility index (Phi) is 6.92. The highest BCUT2D eigenvalue weighted by Gasteiger charge is 2.34. The second-order valence-electron chi connectivity index (χ2n) is 7.23. The van der Waals surface area contributed by atoms with Crippen molar-refractivity contribution in [1.29, 1.82) is 0 Å². The predicted octanol–water partition coefficient (Wildman–Crippen LogP) is 1.63. The van der Waals surface area contributed by atoms with Crippen LogP contribution < -0.4 is 10.6 Å². The summed E-state index contributed by atoms with van der Waals surface area (Å²) in [6.07, 6.45) is 6.21. The van der Waals surface area contributed by atoms with Crippen LogP contribution in [0.5, 0.6) is 0 Å². The van der Waals surface area contributed by atoms with E-state index in [-0.39, 0.29) is 23.8 Å². The molecule has 0 spiro atoms. The molecule has 1 aromatic heterocycles. The number of hydrogen-bond acceptors (Lipinski definition) is 4. The van der Waals surface area contributed by atoms with Crippen LogP contribution in [0.1, 0.15) is 36.0 Å². The van der Waals surface area contributed by atoms with Crippen LogP contribution in [0.2, 0.25) is 0 Å². The molecule has 0 saturated heterocycles. The van der Waals surface area contributed by atoms with Crippen LogP contribution in [-0.2, 0) is 11.3 Å². The van der Waals surface area contributed by atoms with Gasteiger partial charge in [0.05, 0.1) is 24.0 Å². The molecule has 0 bridgehead atoms. The third kappa shape index (κ3) is 5.60. The molecular formula is C20H24F2N4O3. The highest BCUT2D eigenvalue weighted by Crippen LogP contribution is 2.25. The molecule has 3 atom stereocenters. The van der Waals surface area contributed by atoms with E-state index in [0.717, 1.165) is 25.1 Å². The average Bonchev–Trinajstić information content (AvgIpc) is 3.20. The van der Waals surface area contributed by atoms with E-state index in [1.165, 1.54) is 0 Å². The first-order valence-electron chi connectivity index (χ1n) is 9.61. The zero-order valence-electron chi connectivity index (χ0n) is 15.9. The highest BCUT2D eigenvalue weighted by molar-refractivity contribution is 5.94. The number of aliphatic hydroxyl groups is 1. The first-order valence-corrected chi connectivity index (χ1v) is 9.61. The summed E-state index contributed by atoms with van der Waals surface area (Å²) in [6, 6.07) is 2.12. The number of halogens is 2. The molecule has 1 aliphatic carbocycles. The van der Waals surface area contributed by atoms with Crippen molar-refractivity contribution in [3.8, 4) is 0 Å². The number of aliphatic hydroxyl groups excluding tert-OH is 1. The number of amides is 2. The lowest BCUT2D eigenvalue weighted by Crippen LogP contribution is -2.49. The first-order chi connectivity index (χ1) is 13.9. The predicted molar refractivity (Wildman–Crippen MR) is 101 cm³/mol. The Bertz CT molecular complexity index is 844. The van der Waals surface area contributed by atoms with Gasteiger partial charge in [0.1, 0.15) is 11.6 Å². The fraction of sp³-hybridized carbons (Fsp3) is 0.450. The second kappa shape index (κ2) is 9.60. The Morgan fingerprint density at radius 1 is 1.28 bits per heavy atom. The number of benzene rings is 1. The maximum Gasteiger partial charge on any atom is 0.254 e. The highest BCUT2D eigenvalue weighted by atomic mass is 19.1. The van der Waals surface area contributed by atoms with Crippen LogP contribution in [0.15, 0.2) is 36.9 Å². The lowest BCUT2D eigenvalue weighted by atomic mass is 9.83. The van der Waals surface area contributed by atoms with Crippen LogP contribution in [0.25, 0.3) is 0 Å². The summed E-state index contributed by atoms with van der Waals surface area (Å²) in [5.74, 6) is -2.90. The van der Waals surface area contributed by atoms with Crippen molar-refractivity contribution in [3.05, 3.63) is 54.1 Å². The third-order valence-corrected chi connectivity index (χ3v) is 5.13. The number of nitrogens with one attached hydrogen (secondary N) is 2. The molecule has 0 radical (unpaired) electrons. The molecule has 3 rings (SSSR count). The number of carbonyl (C=O) groups excluding carboxylic acids is 2. The van der Waals surface area contributed by atoms with Gasteiger partial charge in [0.25, 0.3) is 5.91 Å². The van der Waals surface area contributed by atoms with Crippen molar-refractivity contribution in [3.63, 3.8) is 0 Å². The lowest BCUT2D eigenvalue weighted by Gasteiger charge is -2.33. The molecule has 1 aromatic carbocycles.